The van der Waals surface area contributed by atoms with E-state index in [4.69, 9.17) is 18.9 Å². The summed E-state index contributed by atoms with van der Waals surface area (Å²) in [5.41, 5.74) is 0. The number of hydrogen-bond acceptors (Lipinski definition) is 7. The minimum absolute atomic E-state index is 0.175. The second-order valence-electron chi connectivity index (χ2n) is 20.3. The molecule has 0 aromatic rings. The van der Waals surface area contributed by atoms with Crippen LogP contribution in [0.5, 0.6) is 0 Å². The predicted octanol–water partition coefficient (Wildman–Crippen LogP) is 15.8. The molecule has 0 saturated carbocycles. The van der Waals surface area contributed by atoms with Crippen LogP contribution >= 0.6 is 0 Å². The normalized spacial score (nSPS) is 12.8. The van der Waals surface area contributed by atoms with Gasteiger partial charge in [0, 0.05) is 12.8 Å². The number of quaternary nitrogens is 1. The van der Waals surface area contributed by atoms with Gasteiger partial charge in [0.1, 0.15) is 13.2 Å². The fourth-order valence-electron chi connectivity index (χ4n) is 8.19. The molecular weight excluding hydrogens is 815 g/mol. The lowest BCUT2D eigenvalue weighted by Crippen LogP contribution is -2.40. The van der Waals surface area contributed by atoms with E-state index in [1.165, 1.54) is 205 Å². The number of carbonyl (C=O) groups is 3. The topological polar surface area (TPSA) is 108 Å². The molecule has 0 rings (SSSR count). The van der Waals surface area contributed by atoms with Crippen molar-refractivity contribution < 1.29 is 42.9 Å². The van der Waals surface area contributed by atoms with E-state index >= 15 is 0 Å². The predicted molar refractivity (Wildman–Crippen MR) is 272 cm³/mol. The number of nitrogens with zero attached hydrogens (tertiary/aromatic N) is 1. The van der Waals surface area contributed by atoms with Crippen LogP contribution in [-0.2, 0) is 33.3 Å². The van der Waals surface area contributed by atoms with Crippen molar-refractivity contribution in [2.75, 3.05) is 47.5 Å². The van der Waals surface area contributed by atoms with Crippen LogP contribution in [0.4, 0.5) is 0 Å². The molecular formula is C56H108NO8+. The van der Waals surface area contributed by atoms with E-state index in [9.17, 15) is 19.5 Å². The van der Waals surface area contributed by atoms with Crippen LogP contribution in [0.2, 0.25) is 0 Å². The monoisotopic (exact) mass is 923 g/mol. The number of carboxylic acid groups (broad SMARTS) is 1. The van der Waals surface area contributed by atoms with Gasteiger partial charge in [-0.05, 0) is 38.5 Å². The van der Waals surface area contributed by atoms with Crippen LogP contribution in [0.3, 0.4) is 0 Å². The summed E-state index contributed by atoms with van der Waals surface area (Å²) < 4.78 is 22.8. The Labute approximate surface area is 402 Å². The largest absolute Gasteiger partial charge is 0.477 e. The summed E-state index contributed by atoms with van der Waals surface area (Å²) >= 11 is 0. The second kappa shape index (κ2) is 48.5. The molecule has 0 radical (unpaired) electrons. The van der Waals surface area contributed by atoms with Crippen molar-refractivity contribution in [2.45, 2.75) is 283 Å². The summed E-state index contributed by atoms with van der Waals surface area (Å²) in [6.07, 6.45) is 51.6. The van der Waals surface area contributed by atoms with Crippen molar-refractivity contribution in [3.8, 4) is 0 Å². The third-order valence-electron chi connectivity index (χ3n) is 12.5. The van der Waals surface area contributed by atoms with Crippen molar-refractivity contribution in [2.24, 2.45) is 0 Å². The van der Waals surface area contributed by atoms with E-state index in [0.717, 1.165) is 38.5 Å². The number of esters is 2. The second-order valence-corrected chi connectivity index (χ2v) is 20.3. The molecule has 2 unspecified atom stereocenters. The highest BCUT2D eigenvalue weighted by Crippen LogP contribution is 2.17. The molecule has 65 heavy (non-hydrogen) atoms. The Kier molecular flexibility index (Phi) is 47.0. The molecule has 2 atom stereocenters. The summed E-state index contributed by atoms with van der Waals surface area (Å²) in [6.45, 7) is 4.90. The number of hydrogen-bond donors (Lipinski definition) is 1. The zero-order valence-corrected chi connectivity index (χ0v) is 43.7. The number of aliphatic carboxylic acids is 1. The average molecular weight is 923 g/mol. The Hall–Kier alpha value is -1.97. The molecule has 0 spiro atoms. The van der Waals surface area contributed by atoms with Crippen LogP contribution in [0.25, 0.3) is 0 Å². The molecule has 0 aliphatic carbocycles. The van der Waals surface area contributed by atoms with Gasteiger partial charge in [-0.2, -0.15) is 0 Å². The Morgan fingerprint density at radius 2 is 0.785 bits per heavy atom. The van der Waals surface area contributed by atoms with Gasteiger partial charge in [-0.15, -0.1) is 0 Å². The SMILES string of the molecule is CCCCCCCCCC/C=C\CCCCCCCCCCCCCCCCCCCC(=O)OC(COC(=O)CCCCCCCCCCCCC)COC(OCC[N+](C)(C)C)C(=O)O. The first kappa shape index (κ1) is 63.0. The van der Waals surface area contributed by atoms with Crippen molar-refractivity contribution in [1.29, 1.82) is 0 Å². The first-order chi connectivity index (χ1) is 31.6. The minimum atomic E-state index is -1.50. The van der Waals surface area contributed by atoms with Crippen LogP contribution in [-0.4, -0.2) is 87.4 Å². The lowest BCUT2D eigenvalue weighted by molar-refractivity contribution is -0.870. The van der Waals surface area contributed by atoms with Gasteiger partial charge in [0.25, 0.3) is 6.29 Å². The maximum absolute atomic E-state index is 12.8. The van der Waals surface area contributed by atoms with Gasteiger partial charge in [-0.1, -0.05) is 231 Å². The maximum atomic E-state index is 12.8. The zero-order chi connectivity index (χ0) is 47.7. The third kappa shape index (κ3) is 49.8. The molecule has 0 aromatic carbocycles. The van der Waals surface area contributed by atoms with E-state index in [0.29, 0.717) is 17.4 Å². The number of likely N-dealkylation sites (N-methyl/N-ethyl adjacent to an activating group) is 1. The standard InChI is InChI=1S/C56H107NO8/c1-6-8-10-12-14-16-18-19-20-21-22-23-24-25-26-27-28-29-30-31-32-33-34-35-37-39-41-43-45-47-54(59)65-52(51-64-56(55(60)61)62-49-48-57(3,4)5)50-63-53(58)46-44-42-40-38-36-17-15-13-11-9-7-2/h21-22,52,56H,6-20,23-51H2,1-5H3/p+1/b22-21-. The van der Waals surface area contributed by atoms with E-state index in [1.807, 2.05) is 21.1 Å². The van der Waals surface area contributed by atoms with E-state index in [1.54, 1.807) is 0 Å². The smallest absolute Gasteiger partial charge is 0.361 e. The Balaban J connectivity index is 4.08. The summed E-state index contributed by atoms with van der Waals surface area (Å²) in [7, 11) is 5.97. The molecule has 0 amide bonds. The lowest BCUT2D eigenvalue weighted by atomic mass is 10.0. The van der Waals surface area contributed by atoms with Crippen LogP contribution < -0.4 is 0 Å². The van der Waals surface area contributed by atoms with Gasteiger partial charge in [-0.3, -0.25) is 9.59 Å². The van der Waals surface area contributed by atoms with Gasteiger partial charge in [0.05, 0.1) is 34.4 Å². The van der Waals surface area contributed by atoms with Crippen LogP contribution in [0.15, 0.2) is 12.2 Å². The molecule has 0 saturated heterocycles. The van der Waals surface area contributed by atoms with Crippen LogP contribution in [0, 0.1) is 0 Å². The van der Waals surface area contributed by atoms with Crippen molar-refractivity contribution in [3.05, 3.63) is 12.2 Å². The highest BCUT2D eigenvalue weighted by atomic mass is 16.7. The number of ether oxygens (including phenoxy) is 4. The summed E-state index contributed by atoms with van der Waals surface area (Å²) in [6, 6.07) is 0. The molecule has 0 bridgehead atoms. The first-order valence-corrected chi connectivity index (χ1v) is 27.9. The fraction of sp³-hybridized carbons (Fsp3) is 0.911. The van der Waals surface area contributed by atoms with Gasteiger partial charge < -0.3 is 28.5 Å². The molecule has 9 nitrogen and oxygen atoms in total. The first-order valence-electron chi connectivity index (χ1n) is 27.9. The number of carboxylic acids is 1. The number of carbonyl (C=O) groups excluding carboxylic acids is 2. The molecule has 0 heterocycles. The maximum Gasteiger partial charge on any atom is 0.361 e. The van der Waals surface area contributed by atoms with Gasteiger partial charge in [0.2, 0.25) is 0 Å². The molecule has 384 valence electrons. The number of allylic oxidation sites excluding steroid dienone is 2. The van der Waals surface area contributed by atoms with E-state index < -0.39 is 18.4 Å². The lowest BCUT2D eigenvalue weighted by Gasteiger charge is -2.25. The summed E-state index contributed by atoms with van der Waals surface area (Å²) in [5.74, 6) is -1.99. The zero-order valence-electron chi connectivity index (χ0n) is 43.7. The van der Waals surface area contributed by atoms with Crippen LogP contribution in [0.1, 0.15) is 271 Å². The molecule has 0 aliphatic heterocycles. The van der Waals surface area contributed by atoms with Crippen molar-refractivity contribution in [3.63, 3.8) is 0 Å². The molecule has 9 heteroatoms. The van der Waals surface area contributed by atoms with E-state index in [2.05, 4.69) is 26.0 Å². The number of rotatable bonds is 52. The van der Waals surface area contributed by atoms with Crippen molar-refractivity contribution >= 4 is 17.9 Å². The van der Waals surface area contributed by atoms with Gasteiger partial charge in [-0.25, -0.2) is 4.79 Å². The Bertz CT molecular complexity index is 1070. The number of unbranched alkanes of at least 4 members (excludes halogenated alkanes) is 35. The quantitative estimate of drug-likeness (QED) is 0.0211. The molecule has 0 aliphatic rings. The summed E-state index contributed by atoms with van der Waals surface area (Å²) in [4.78, 5) is 37.2. The minimum Gasteiger partial charge on any atom is -0.477 e. The molecule has 0 aromatic heterocycles. The third-order valence-corrected chi connectivity index (χ3v) is 12.5. The van der Waals surface area contributed by atoms with Gasteiger partial charge in [0.15, 0.2) is 6.10 Å². The molecule has 1 N–H and O–H groups in total. The highest BCUT2D eigenvalue weighted by molar-refractivity contribution is 5.71. The molecule has 0 fully saturated rings. The van der Waals surface area contributed by atoms with E-state index in [-0.39, 0.29) is 38.2 Å². The average Bonchev–Trinajstić information content (AvgIpc) is 3.27. The Morgan fingerprint density at radius 3 is 1.14 bits per heavy atom. The fourth-order valence-corrected chi connectivity index (χ4v) is 8.19. The van der Waals surface area contributed by atoms with Gasteiger partial charge >= 0.3 is 17.9 Å². The Morgan fingerprint density at radius 1 is 0.446 bits per heavy atom. The van der Waals surface area contributed by atoms with Crippen molar-refractivity contribution in [1.82, 2.24) is 0 Å². The highest BCUT2D eigenvalue weighted by Gasteiger charge is 2.25. The summed E-state index contributed by atoms with van der Waals surface area (Å²) in [5, 5.41) is 9.66.